The van der Waals surface area contributed by atoms with Gasteiger partial charge in [0.05, 0.1) is 0 Å². The molecular formula is C7H14INOS. The molecule has 0 spiro atoms. The molecule has 11 heavy (non-hydrogen) atoms. The Labute approximate surface area is 84.1 Å². The molecule has 1 saturated carbocycles. The Balaban J connectivity index is 1.92. The van der Waals surface area contributed by atoms with Crippen molar-refractivity contribution in [1.29, 1.82) is 0 Å². The second-order valence-electron chi connectivity index (χ2n) is 3.10. The third-order valence-corrected chi connectivity index (χ3v) is 4.04. The molecule has 1 rings (SSSR count). The maximum atomic E-state index is 10.7. The fraction of sp³-hybridized carbons (Fsp3) is 1.00. The Morgan fingerprint density at radius 1 is 1.64 bits per heavy atom. The van der Waals surface area contributed by atoms with Crippen LogP contribution in [0.15, 0.2) is 0 Å². The molecule has 0 saturated heterocycles. The number of hydrogen-bond acceptors (Lipinski definition) is 2. The van der Waals surface area contributed by atoms with Gasteiger partial charge in [-0.1, -0.05) is 22.6 Å². The SMILES string of the molecule is CS(=O)CCNCC1(I)CC1. The Bertz CT molecular complexity index is 159. The molecule has 0 radical (unpaired) electrons. The van der Waals surface area contributed by atoms with Gasteiger partial charge in [0.1, 0.15) is 0 Å². The van der Waals surface area contributed by atoms with Crippen LogP contribution in [0.4, 0.5) is 0 Å². The van der Waals surface area contributed by atoms with E-state index in [1.54, 1.807) is 6.26 Å². The van der Waals surface area contributed by atoms with Crippen LogP contribution in [0.2, 0.25) is 0 Å². The Kier molecular flexibility index (Phi) is 3.77. The summed E-state index contributed by atoms with van der Waals surface area (Å²) >= 11 is 2.51. The normalized spacial score (nSPS) is 23.1. The summed E-state index contributed by atoms with van der Waals surface area (Å²) < 4.78 is 11.2. The van der Waals surface area contributed by atoms with Crippen LogP contribution >= 0.6 is 22.6 Å². The molecule has 0 heterocycles. The van der Waals surface area contributed by atoms with E-state index in [1.165, 1.54) is 12.8 Å². The van der Waals surface area contributed by atoms with Crippen molar-refractivity contribution >= 4 is 33.4 Å². The van der Waals surface area contributed by atoms with E-state index in [9.17, 15) is 4.21 Å². The summed E-state index contributed by atoms with van der Waals surface area (Å²) in [5.74, 6) is 0.784. The summed E-state index contributed by atoms with van der Waals surface area (Å²) in [4.78, 5) is 0. The van der Waals surface area contributed by atoms with Crippen LogP contribution in [0.25, 0.3) is 0 Å². The lowest BCUT2D eigenvalue weighted by Gasteiger charge is -2.06. The Hall–Kier alpha value is 0.840. The second-order valence-corrected chi connectivity index (χ2v) is 6.95. The molecule has 1 aliphatic carbocycles. The number of rotatable bonds is 5. The maximum Gasteiger partial charge on any atom is 0.0357 e. The number of hydrogen-bond donors (Lipinski definition) is 1. The molecule has 0 bridgehead atoms. The third kappa shape index (κ3) is 4.42. The molecule has 0 aromatic carbocycles. The molecule has 0 aromatic heterocycles. The van der Waals surface area contributed by atoms with Gasteiger partial charge in [-0.25, -0.2) is 0 Å². The molecule has 0 aliphatic heterocycles. The molecule has 4 heteroatoms. The van der Waals surface area contributed by atoms with Gasteiger partial charge >= 0.3 is 0 Å². The minimum Gasteiger partial charge on any atom is -0.314 e. The van der Waals surface area contributed by atoms with Gasteiger partial charge in [0.15, 0.2) is 0 Å². The van der Waals surface area contributed by atoms with Crippen molar-refractivity contribution < 1.29 is 4.21 Å². The van der Waals surface area contributed by atoms with Gasteiger partial charge in [-0.15, -0.1) is 0 Å². The van der Waals surface area contributed by atoms with E-state index in [1.807, 2.05) is 0 Å². The highest BCUT2D eigenvalue weighted by Gasteiger charge is 2.38. The summed E-state index contributed by atoms with van der Waals surface area (Å²) in [6.45, 7) is 1.98. The van der Waals surface area contributed by atoms with E-state index in [4.69, 9.17) is 0 Å². The standard InChI is InChI=1S/C7H14INOS/c1-11(10)5-4-9-6-7(8)2-3-7/h9H,2-6H2,1H3. The lowest BCUT2D eigenvalue weighted by Crippen LogP contribution is -2.27. The first-order valence-electron chi connectivity index (χ1n) is 3.82. The highest BCUT2D eigenvalue weighted by atomic mass is 127. The first-order valence-corrected chi connectivity index (χ1v) is 6.63. The van der Waals surface area contributed by atoms with Crippen molar-refractivity contribution in [2.75, 3.05) is 25.1 Å². The molecule has 66 valence electrons. The summed E-state index contributed by atoms with van der Waals surface area (Å²) in [6, 6.07) is 0. The molecule has 0 amide bonds. The topological polar surface area (TPSA) is 29.1 Å². The van der Waals surface area contributed by atoms with E-state index in [-0.39, 0.29) is 0 Å². The fourth-order valence-corrected chi connectivity index (χ4v) is 1.81. The smallest absolute Gasteiger partial charge is 0.0357 e. The van der Waals surface area contributed by atoms with Crippen LogP contribution in [0, 0.1) is 0 Å². The summed E-state index contributed by atoms with van der Waals surface area (Å²) in [5.41, 5.74) is 0. The average molecular weight is 287 g/mol. The van der Waals surface area contributed by atoms with E-state index < -0.39 is 10.8 Å². The van der Waals surface area contributed by atoms with Gasteiger partial charge < -0.3 is 5.32 Å². The maximum absolute atomic E-state index is 10.7. The van der Waals surface area contributed by atoms with Gasteiger partial charge in [-0.05, 0) is 12.8 Å². The van der Waals surface area contributed by atoms with Crippen LogP contribution in [-0.4, -0.2) is 32.7 Å². The van der Waals surface area contributed by atoms with Crippen molar-refractivity contribution in [2.45, 2.75) is 16.3 Å². The average Bonchev–Trinajstić information content (AvgIpc) is 2.62. The van der Waals surface area contributed by atoms with Crippen molar-refractivity contribution in [3.63, 3.8) is 0 Å². The van der Waals surface area contributed by atoms with Gasteiger partial charge in [-0.3, -0.25) is 4.21 Å². The minimum absolute atomic E-state index is 0.549. The Morgan fingerprint density at radius 3 is 2.73 bits per heavy atom. The highest BCUT2D eigenvalue weighted by Crippen LogP contribution is 2.44. The van der Waals surface area contributed by atoms with Gasteiger partial charge in [0.25, 0.3) is 0 Å². The summed E-state index contributed by atoms with van der Waals surface area (Å²) in [5, 5.41) is 3.32. The Morgan fingerprint density at radius 2 is 2.27 bits per heavy atom. The van der Waals surface area contributed by atoms with Gasteiger partial charge in [0.2, 0.25) is 0 Å². The third-order valence-electron chi connectivity index (χ3n) is 1.80. The number of nitrogens with one attached hydrogen (secondary N) is 1. The minimum atomic E-state index is -0.638. The predicted octanol–water partition coefficient (Wildman–Crippen LogP) is 0.922. The van der Waals surface area contributed by atoms with E-state index >= 15 is 0 Å². The zero-order valence-corrected chi connectivity index (χ0v) is 9.70. The largest absolute Gasteiger partial charge is 0.314 e. The van der Waals surface area contributed by atoms with Crippen LogP contribution < -0.4 is 5.32 Å². The lowest BCUT2D eigenvalue weighted by atomic mass is 10.4. The number of halogens is 1. The van der Waals surface area contributed by atoms with Crippen LogP contribution in [0.1, 0.15) is 12.8 Å². The first kappa shape index (κ1) is 9.92. The summed E-state index contributed by atoms with van der Waals surface area (Å²) in [7, 11) is -0.638. The second kappa shape index (κ2) is 4.18. The van der Waals surface area contributed by atoms with Gasteiger partial charge in [0, 0.05) is 39.3 Å². The zero-order valence-electron chi connectivity index (χ0n) is 6.73. The van der Waals surface area contributed by atoms with Crippen LogP contribution in [-0.2, 0) is 10.8 Å². The molecule has 1 N–H and O–H groups in total. The zero-order chi connectivity index (χ0) is 8.32. The highest BCUT2D eigenvalue weighted by molar-refractivity contribution is 14.1. The van der Waals surface area contributed by atoms with E-state index in [0.29, 0.717) is 3.42 Å². The van der Waals surface area contributed by atoms with Crippen LogP contribution in [0.3, 0.4) is 0 Å². The molecule has 1 aliphatic rings. The molecule has 1 unspecified atom stereocenters. The van der Waals surface area contributed by atoms with Gasteiger partial charge in [-0.2, -0.15) is 0 Å². The monoisotopic (exact) mass is 287 g/mol. The molecule has 1 fully saturated rings. The van der Waals surface area contributed by atoms with E-state index in [0.717, 1.165) is 18.8 Å². The molecule has 0 aromatic rings. The molecular weight excluding hydrogens is 273 g/mol. The molecule has 2 nitrogen and oxygen atoms in total. The number of alkyl halides is 1. The predicted molar refractivity (Wildman–Crippen MR) is 57.8 cm³/mol. The van der Waals surface area contributed by atoms with Crippen molar-refractivity contribution in [3.8, 4) is 0 Å². The van der Waals surface area contributed by atoms with E-state index in [2.05, 4.69) is 27.9 Å². The first-order chi connectivity index (χ1) is 5.12. The quantitative estimate of drug-likeness (QED) is 0.463. The van der Waals surface area contributed by atoms with Crippen molar-refractivity contribution in [2.24, 2.45) is 0 Å². The van der Waals surface area contributed by atoms with Crippen LogP contribution in [0.5, 0.6) is 0 Å². The van der Waals surface area contributed by atoms with Crippen molar-refractivity contribution in [1.82, 2.24) is 5.32 Å². The lowest BCUT2D eigenvalue weighted by molar-refractivity contribution is 0.672. The summed E-state index contributed by atoms with van der Waals surface area (Å²) in [6.07, 6.45) is 4.43. The molecule has 1 atom stereocenters. The van der Waals surface area contributed by atoms with Crippen molar-refractivity contribution in [3.05, 3.63) is 0 Å². The fourth-order valence-electron chi connectivity index (χ4n) is 0.841.